The van der Waals surface area contributed by atoms with Crippen molar-refractivity contribution in [3.05, 3.63) is 35.9 Å². The molecule has 1 saturated heterocycles. The monoisotopic (exact) mass is 313 g/mol. The number of nitrogens with one attached hydrogen (secondary N) is 1. The maximum atomic E-state index is 12.0. The molecule has 0 aliphatic carbocycles. The van der Waals surface area contributed by atoms with Crippen LogP contribution in [0.4, 0.5) is 0 Å². The number of hydrogen-bond donors (Lipinski definition) is 3. The van der Waals surface area contributed by atoms with Gasteiger partial charge in [0.25, 0.3) is 5.91 Å². The summed E-state index contributed by atoms with van der Waals surface area (Å²) >= 11 is 0. The Hall–Kier alpha value is -1.97. The SMILES string of the molecule is CC1C(NC(=O)C(N)c2ccccc2)C(=O)N1S(=O)(=O)O. The average Bonchev–Trinajstić information content (AvgIpc) is 2.43. The van der Waals surface area contributed by atoms with Gasteiger partial charge in [-0.15, -0.1) is 0 Å². The molecular weight excluding hydrogens is 298 g/mol. The molecule has 0 aromatic heterocycles. The van der Waals surface area contributed by atoms with Gasteiger partial charge < -0.3 is 11.1 Å². The topological polar surface area (TPSA) is 130 Å². The first-order valence-electron chi connectivity index (χ1n) is 6.15. The summed E-state index contributed by atoms with van der Waals surface area (Å²) in [6.07, 6.45) is 0. The predicted molar refractivity (Wildman–Crippen MR) is 73.2 cm³/mol. The van der Waals surface area contributed by atoms with Crippen LogP contribution in [0, 0.1) is 0 Å². The standard InChI is InChI=1S/C12H15N3O5S/c1-7-10(12(17)15(7)21(18,19)20)14-11(16)9(13)8-5-3-2-4-6-8/h2-7,9-10H,13H2,1H3,(H,14,16)(H,18,19,20). The second kappa shape index (κ2) is 5.43. The molecule has 3 atom stereocenters. The van der Waals surface area contributed by atoms with E-state index in [1.807, 2.05) is 0 Å². The molecular formula is C12H15N3O5S. The third-order valence-electron chi connectivity index (χ3n) is 3.32. The van der Waals surface area contributed by atoms with Crippen molar-refractivity contribution in [1.82, 2.24) is 9.62 Å². The highest BCUT2D eigenvalue weighted by Gasteiger charge is 2.51. The molecule has 1 aliphatic rings. The van der Waals surface area contributed by atoms with E-state index in [2.05, 4.69) is 5.32 Å². The number of β-lactam (4-membered cyclic amide) rings is 1. The fourth-order valence-corrected chi connectivity index (χ4v) is 3.04. The molecule has 9 heteroatoms. The fraction of sp³-hybridized carbons (Fsp3) is 0.333. The zero-order valence-corrected chi connectivity index (χ0v) is 11.9. The van der Waals surface area contributed by atoms with E-state index in [9.17, 15) is 18.0 Å². The molecule has 1 aromatic rings. The van der Waals surface area contributed by atoms with E-state index in [4.69, 9.17) is 10.3 Å². The molecule has 0 saturated carbocycles. The van der Waals surface area contributed by atoms with Crippen LogP contribution in [0.2, 0.25) is 0 Å². The largest absolute Gasteiger partial charge is 0.362 e. The highest BCUT2D eigenvalue weighted by Crippen LogP contribution is 2.23. The Morgan fingerprint density at radius 2 is 1.95 bits per heavy atom. The van der Waals surface area contributed by atoms with Crippen LogP contribution in [0.15, 0.2) is 30.3 Å². The van der Waals surface area contributed by atoms with Gasteiger partial charge in [0.2, 0.25) is 5.91 Å². The number of rotatable bonds is 4. The number of nitrogens with two attached hydrogens (primary N) is 1. The number of hydrogen-bond acceptors (Lipinski definition) is 5. The van der Waals surface area contributed by atoms with E-state index < -0.39 is 40.2 Å². The Balaban J connectivity index is 2.04. The third-order valence-corrected chi connectivity index (χ3v) is 4.33. The smallest absolute Gasteiger partial charge is 0.341 e. The number of carbonyl (C=O) groups is 2. The lowest BCUT2D eigenvalue weighted by atomic mass is 9.99. The first-order chi connectivity index (χ1) is 9.73. The van der Waals surface area contributed by atoms with E-state index in [0.29, 0.717) is 9.87 Å². The summed E-state index contributed by atoms with van der Waals surface area (Å²) in [5, 5.41) is 2.39. The van der Waals surface area contributed by atoms with Crippen molar-refractivity contribution in [2.75, 3.05) is 0 Å². The van der Waals surface area contributed by atoms with Gasteiger partial charge in [-0.3, -0.25) is 14.1 Å². The molecule has 4 N–H and O–H groups in total. The molecule has 114 valence electrons. The molecule has 1 aromatic carbocycles. The molecule has 1 fully saturated rings. The molecule has 1 aliphatic heterocycles. The van der Waals surface area contributed by atoms with Crippen molar-refractivity contribution in [3.63, 3.8) is 0 Å². The van der Waals surface area contributed by atoms with Crippen LogP contribution in [-0.2, 0) is 19.9 Å². The fourth-order valence-electron chi connectivity index (χ4n) is 2.16. The van der Waals surface area contributed by atoms with Crippen molar-refractivity contribution < 1.29 is 22.6 Å². The maximum Gasteiger partial charge on any atom is 0.362 e. The number of nitrogens with zero attached hydrogens (tertiary/aromatic N) is 1. The van der Waals surface area contributed by atoms with Crippen LogP contribution < -0.4 is 11.1 Å². The maximum absolute atomic E-state index is 12.0. The molecule has 21 heavy (non-hydrogen) atoms. The number of carbonyl (C=O) groups excluding carboxylic acids is 2. The molecule has 1 heterocycles. The van der Waals surface area contributed by atoms with E-state index in [1.165, 1.54) is 6.92 Å². The molecule has 0 bridgehead atoms. The number of amides is 2. The van der Waals surface area contributed by atoms with Gasteiger partial charge in [0, 0.05) is 0 Å². The quantitative estimate of drug-likeness (QED) is 0.493. The van der Waals surface area contributed by atoms with Crippen molar-refractivity contribution in [2.24, 2.45) is 5.73 Å². The Morgan fingerprint density at radius 3 is 2.43 bits per heavy atom. The van der Waals surface area contributed by atoms with Crippen molar-refractivity contribution in [2.45, 2.75) is 25.0 Å². The van der Waals surface area contributed by atoms with Crippen LogP contribution in [0.25, 0.3) is 0 Å². The lowest BCUT2D eigenvalue weighted by Crippen LogP contribution is -2.71. The second-order valence-corrected chi connectivity index (χ2v) is 6.02. The molecule has 2 amide bonds. The molecule has 0 spiro atoms. The van der Waals surface area contributed by atoms with Crippen LogP contribution in [-0.4, -0.2) is 41.2 Å². The summed E-state index contributed by atoms with van der Waals surface area (Å²) in [7, 11) is -4.60. The summed E-state index contributed by atoms with van der Waals surface area (Å²) in [5.74, 6) is -1.49. The van der Waals surface area contributed by atoms with E-state index in [0.717, 1.165) is 0 Å². The summed E-state index contributed by atoms with van der Waals surface area (Å²) in [5.41, 5.74) is 6.34. The van der Waals surface area contributed by atoms with Gasteiger partial charge in [0.15, 0.2) is 0 Å². The van der Waals surface area contributed by atoms with Crippen LogP contribution in [0.5, 0.6) is 0 Å². The first kappa shape index (κ1) is 15.4. The van der Waals surface area contributed by atoms with E-state index in [-0.39, 0.29) is 0 Å². The minimum Gasteiger partial charge on any atom is -0.341 e. The van der Waals surface area contributed by atoms with Crippen molar-refractivity contribution in [3.8, 4) is 0 Å². The lowest BCUT2D eigenvalue weighted by Gasteiger charge is -2.42. The van der Waals surface area contributed by atoms with Crippen molar-refractivity contribution >= 4 is 22.1 Å². The van der Waals surface area contributed by atoms with Gasteiger partial charge in [-0.25, -0.2) is 4.31 Å². The van der Waals surface area contributed by atoms with Gasteiger partial charge in [0.1, 0.15) is 12.1 Å². The summed E-state index contributed by atoms with van der Waals surface area (Å²) < 4.78 is 31.1. The average molecular weight is 313 g/mol. The Labute approximate surface area is 121 Å². The zero-order chi connectivity index (χ0) is 15.8. The predicted octanol–water partition coefficient (Wildman–Crippen LogP) is -0.795. The normalized spacial score (nSPS) is 23.4. The van der Waals surface area contributed by atoms with Gasteiger partial charge in [-0.2, -0.15) is 8.42 Å². The summed E-state index contributed by atoms with van der Waals surface area (Å²) in [4.78, 5) is 23.6. The molecule has 0 radical (unpaired) electrons. The summed E-state index contributed by atoms with van der Waals surface area (Å²) in [6, 6.07) is 5.70. The first-order valence-corrected chi connectivity index (χ1v) is 7.54. The minimum absolute atomic E-state index is 0.311. The summed E-state index contributed by atoms with van der Waals surface area (Å²) in [6.45, 7) is 1.40. The minimum atomic E-state index is -4.60. The van der Waals surface area contributed by atoms with Gasteiger partial charge in [-0.05, 0) is 12.5 Å². The third kappa shape index (κ3) is 2.89. The van der Waals surface area contributed by atoms with E-state index >= 15 is 0 Å². The molecule has 3 unspecified atom stereocenters. The van der Waals surface area contributed by atoms with Gasteiger partial charge >= 0.3 is 10.3 Å². The van der Waals surface area contributed by atoms with E-state index in [1.54, 1.807) is 30.3 Å². The Kier molecular flexibility index (Phi) is 3.99. The van der Waals surface area contributed by atoms with Gasteiger partial charge in [0.05, 0.1) is 6.04 Å². The molecule has 8 nitrogen and oxygen atoms in total. The van der Waals surface area contributed by atoms with Crippen molar-refractivity contribution in [1.29, 1.82) is 0 Å². The van der Waals surface area contributed by atoms with Gasteiger partial charge in [-0.1, -0.05) is 30.3 Å². The zero-order valence-electron chi connectivity index (χ0n) is 11.1. The highest BCUT2D eigenvalue weighted by atomic mass is 32.2. The second-order valence-electron chi connectivity index (χ2n) is 4.73. The lowest BCUT2D eigenvalue weighted by molar-refractivity contribution is -0.145. The van der Waals surface area contributed by atoms with Crippen LogP contribution >= 0.6 is 0 Å². The van der Waals surface area contributed by atoms with Crippen LogP contribution in [0.3, 0.4) is 0 Å². The number of benzene rings is 1. The Bertz CT molecular complexity index is 661. The highest BCUT2D eigenvalue weighted by molar-refractivity contribution is 7.84. The molecule has 2 rings (SSSR count). The van der Waals surface area contributed by atoms with Crippen LogP contribution in [0.1, 0.15) is 18.5 Å². The Morgan fingerprint density at radius 1 is 1.38 bits per heavy atom.